The molecular formula is C22H27BrO3. The van der Waals surface area contributed by atoms with Gasteiger partial charge in [0.1, 0.15) is 6.10 Å². The molecule has 0 radical (unpaired) electrons. The van der Waals surface area contributed by atoms with Crippen molar-refractivity contribution < 1.29 is 14.2 Å². The third-order valence-electron chi connectivity index (χ3n) is 5.06. The summed E-state index contributed by atoms with van der Waals surface area (Å²) < 4.78 is 18.9. The van der Waals surface area contributed by atoms with Crippen LogP contribution >= 0.6 is 15.9 Å². The van der Waals surface area contributed by atoms with E-state index in [1.165, 1.54) is 5.56 Å². The average Bonchev–Trinajstić information content (AvgIpc) is 2.69. The van der Waals surface area contributed by atoms with Gasteiger partial charge in [0, 0.05) is 11.2 Å². The monoisotopic (exact) mass is 418 g/mol. The van der Waals surface area contributed by atoms with Crippen LogP contribution in [0.3, 0.4) is 0 Å². The first-order valence-electron chi connectivity index (χ1n) is 9.21. The maximum absolute atomic E-state index is 6.36. The van der Waals surface area contributed by atoms with Gasteiger partial charge in [-0.1, -0.05) is 83.5 Å². The minimum atomic E-state index is -0.107. The molecule has 0 spiro atoms. The Balaban J connectivity index is 1.71. The Morgan fingerprint density at radius 2 is 1.31 bits per heavy atom. The number of hydrogen-bond donors (Lipinski definition) is 0. The van der Waals surface area contributed by atoms with Crippen LogP contribution in [0.2, 0.25) is 0 Å². The molecular weight excluding hydrogens is 392 g/mol. The van der Waals surface area contributed by atoms with Crippen molar-refractivity contribution in [3.8, 4) is 0 Å². The Morgan fingerprint density at radius 3 is 1.81 bits per heavy atom. The third-order valence-corrected chi connectivity index (χ3v) is 5.70. The highest BCUT2D eigenvalue weighted by atomic mass is 79.9. The quantitative estimate of drug-likeness (QED) is 0.593. The second-order valence-electron chi connectivity index (χ2n) is 6.92. The number of halogens is 1. The molecule has 1 fully saturated rings. The molecule has 5 atom stereocenters. The van der Waals surface area contributed by atoms with E-state index in [1.54, 1.807) is 0 Å². The maximum Gasteiger partial charge on any atom is 0.111 e. The summed E-state index contributed by atoms with van der Waals surface area (Å²) in [5, 5.41) is 0.731. The first kappa shape index (κ1) is 19.6. The van der Waals surface area contributed by atoms with E-state index in [0.29, 0.717) is 13.2 Å². The van der Waals surface area contributed by atoms with Crippen LogP contribution in [0, 0.1) is 5.92 Å². The van der Waals surface area contributed by atoms with E-state index in [2.05, 4.69) is 54.0 Å². The van der Waals surface area contributed by atoms with E-state index in [4.69, 9.17) is 14.2 Å². The Bertz CT molecular complexity index is 605. The molecule has 0 N–H and O–H groups in total. The Kier molecular flexibility index (Phi) is 7.26. The highest BCUT2D eigenvalue weighted by Crippen LogP contribution is 2.32. The summed E-state index contributed by atoms with van der Waals surface area (Å²) >= 11 is 3.59. The summed E-state index contributed by atoms with van der Waals surface area (Å²) in [6.45, 7) is 5.45. The molecule has 1 saturated heterocycles. The number of benzene rings is 2. The van der Waals surface area contributed by atoms with Gasteiger partial charge >= 0.3 is 0 Å². The fourth-order valence-corrected chi connectivity index (χ4v) is 3.88. The summed E-state index contributed by atoms with van der Waals surface area (Å²) in [6, 6.07) is 20.5. The summed E-state index contributed by atoms with van der Waals surface area (Å²) in [6.07, 6.45) is -0.00436. The van der Waals surface area contributed by atoms with Gasteiger partial charge in [0.25, 0.3) is 0 Å². The zero-order valence-electron chi connectivity index (χ0n) is 15.4. The van der Waals surface area contributed by atoms with Gasteiger partial charge in [0.05, 0.1) is 31.5 Å². The zero-order valence-corrected chi connectivity index (χ0v) is 17.0. The lowest BCUT2D eigenvalue weighted by Gasteiger charge is -2.44. The number of alkyl halides is 1. The lowest BCUT2D eigenvalue weighted by molar-refractivity contribution is -0.221. The minimum Gasteiger partial charge on any atom is -0.371 e. The summed E-state index contributed by atoms with van der Waals surface area (Å²) in [4.78, 5) is 0. The molecule has 1 aliphatic heterocycles. The predicted molar refractivity (Wildman–Crippen MR) is 107 cm³/mol. The van der Waals surface area contributed by atoms with E-state index in [0.717, 1.165) is 10.9 Å². The Morgan fingerprint density at radius 1 is 0.808 bits per heavy atom. The van der Waals surface area contributed by atoms with Gasteiger partial charge < -0.3 is 14.2 Å². The molecule has 140 valence electrons. The van der Waals surface area contributed by atoms with Crippen LogP contribution in [0.15, 0.2) is 60.7 Å². The van der Waals surface area contributed by atoms with E-state index in [9.17, 15) is 0 Å². The lowest BCUT2D eigenvalue weighted by Crippen LogP contribution is -2.55. The molecule has 26 heavy (non-hydrogen) atoms. The highest BCUT2D eigenvalue weighted by Gasteiger charge is 2.43. The predicted octanol–water partition coefficient (Wildman–Crippen LogP) is 4.98. The van der Waals surface area contributed by atoms with Crippen LogP contribution in [-0.4, -0.2) is 29.7 Å². The fourth-order valence-electron chi connectivity index (χ4n) is 3.36. The molecule has 2 aromatic carbocycles. The van der Waals surface area contributed by atoms with Gasteiger partial charge in [-0.05, 0) is 18.1 Å². The molecule has 1 aliphatic rings. The number of hydrogen-bond acceptors (Lipinski definition) is 3. The van der Waals surface area contributed by atoms with Crippen LogP contribution in [-0.2, 0) is 27.4 Å². The van der Waals surface area contributed by atoms with Gasteiger partial charge in [0.2, 0.25) is 0 Å². The van der Waals surface area contributed by atoms with Crippen molar-refractivity contribution in [1.82, 2.24) is 0 Å². The van der Waals surface area contributed by atoms with Crippen LogP contribution in [0.1, 0.15) is 25.0 Å². The van der Waals surface area contributed by atoms with Crippen molar-refractivity contribution >= 4 is 15.9 Å². The van der Waals surface area contributed by atoms with Gasteiger partial charge in [-0.25, -0.2) is 0 Å². The molecule has 0 aliphatic carbocycles. The minimum absolute atomic E-state index is 0.00906. The normalized spacial score (nSPS) is 28.8. The van der Waals surface area contributed by atoms with Crippen molar-refractivity contribution in [1.29, 1.82) is 0 Å². The van der Waals surface area contributed by atoms with Crippen LogP contribution in [0.5, 0.6) is 0 Å². The van der Waals surface area contributed by atoms with Gasteiger partial charge in [-0.2, -0.15) is 0 Å². The van der Waals surface area contributed by atoms with Gasteiger partial charge in [0.15, 0.2) is 0 Å². The second-order valence-corrected chi connectivity index (χ2v) is 7.56. The highest BCUT2D eigenvalue weighted by molar-refractivity contribution is 9.09. The topological polar surface area (TPSA) is 27.7 Å². The number of rotatable bonds is 7. The standard InChI is InChI=1S/C22H27BrO3/c1-16-17(2)26-20(13-23)22(25-15-19-11-7-4-8-12-19)21(16)24-14-18-9-5-3-6-10-18/h3-12,16-17,20-22H,13-15H2,1-2H3/t16-,17-,20-,21+,22-/m0/s1. The van der Waals surface area contributed by atoms with E-state index in [-0.39, 0.29) is 30.3 Å². The SMILES string of the molecule is C[C@@H]1[C@@H](OCc2ccccc2)[C@@H](OCc2ccccc2)[C@H](CBr)O[C@H]1C. The first-order chi connectivity index (χ1) is 12.7. The second kappa shape index (κ2) is 9.65. The van der Waals surface area contributed by atoms with Crippen molar-refractivity contribution in [2.75, 3.05) is 5.33 Å². The van der Waals surface area contributed by atoms with Crippen molar-refractivity contribution in [3.63, 3.8) is 0 Å². The van der Waals surface area contributed by atoms with Crippen molar-refractivity contribution in [2.24, 2.45) is 5.92 Å². The Labute approximate surface area is 164 Å². The maximum atomic E-state index is 6.36. The smallest absolute Gasteiger partial charge is 0.111 e. The molecule has 1 heterocycles. The molecule has 0 saturated carbocycles. The van der Waals surface area contributed by atoms with E-state index < -0.39 is 0 Å². The zero-order chi connectivity index (χ0) is 18.4. The van der Waals surface area contributed by atoms with Crippen molar-refractivity contribution in [3.05, 3.63) is 71.8 Å². The summed E-state index contributed by atoms with van der Waals surface area (Å²) in [5.74, 6) is 0.259. The summed E-state index contributed by atoms with van der Waals surface area (Å²) in [7, 11) is 0. The largest absolute Gasteiger partial charge is 0.371 e. The van der Waals surface area contributed by atoms with Crippen LogP contribution in [0.4, 0.5) is 0 Å². The van der Waals surface area contributed by atoms with E-state index >= 15 is 0 Å². The van der Waals surface area contributed by atoms with Gasteiger partial charge in [-0.15, -0.1) is 0 Å². The summed E-state index contributed by atoms with van der Waals surface area (Å²) in [5.41, 5.74) is 2.34. The third kappa shape index (κ3) is 4.95. The Hall–Kier alpha value is -1.20. The molecule has 0 amide bonds. The molecule has 0 unspecified atom stereocenters. The first-order valence-corrected chi connectivity index (χ1v) is 10.3. The molecule has 0 aromatic heterocycles. The van der Waals surface area contributed by atoms with Gasteiger partial charge in [-0.3, -0.25) is 0 Å². The molecule has 3 rings (SSSR count). The average molecular weight is 419 g/mol. The van der Waals surface area contributed by atoms with Crippen molar-refractivity contribution in [2.45, 2.75) is 51.5 Å². The fraction of sp³-hybridized carbons (Fsp3) is 0.455. The molecule has 4 heteroatoms. The molecule has 2 aromatic rings. The molecule has 0 bridgehead atoms. The number of ether oxygens (including phenoxy) is 3. The van der Waals surface area contributed by atoms with E-state index in [1.807, 2.05) is 36.4 Å². The molecule has 3 nitrogen and oxygen atoms in total. The van der Waals surface area contributed by atoms with Crippen LogP contribution < -0.4 is 0 Å². The van der Waals surface area contributed by atoms with Crippen LogP contribution in [0.25, 0.3) is 0 Å². The lowest BCUT2D eigenvalue weighted by atomic mass is 9.88.